The van der Waals surface area contributed by atoms with E-state index < -0.39 is 5.41 Å². The molecular formula is C15H23N3O3. The van der Waals surface area contributed by atoms with E-state index in [1.807, 2.05) is 0 Å². The van der Waals surface area contributed by atoms with Crippen LogP contribution in [0, 0.1) is 18.3 Å². The van der Waals surface area contributed by atoms with Crippen molar-refractivity contribution in [2.45, 2.75) is 40.5 Å². The van der Waals surface area contributed by atoms with Crippen molar-refractivity contribution in [1.29, 1.82) is 0 Å². The van der Waals surface area contributed by atoms with E-state index in [-0.39, 0.29) is 11.8 Å². The number of nitrogens with zero attached hydrogens (tertiary/aromatic N) is 2. The summed E-state index contributed by atoms with van der Waals surface area (Å²) < 4.78 is 4.91. The van der Waals surface area contributed by atoms with Crippen LogP contribution in [0.15, 0.2) is 10.6 Å². The highest BCUT2D eigenvalue weighted by atomic mass is 16.5. The molecule has 2 heterocycles. The topological polar surface area (TPSA) is 75.4 Å². The first-order chi connectivity index (χ1) is 9.80. The number of amides is 2. The first kappa shape index (κ1) is 15.5. The first-order valence-electron chi connectivity index (χ1n) is 7.35. The molecule has 0 spiro atoms. The normalized spacial score (nSPS) is 19.4. The number of aromatic nitrogens is 1. The summed E-state index contributed by atoms with van der Waals surface area (Å²) >= 11 is 0. The summed E-state index contributed by atoms with van der Waals surface area (Å²) in [6.07, 6.45) is 2.13. The summed E-state index contributed by atoms with van der Waals surface area (Å²) in [7, 11) is 0. The fraction of sp³-hybridized carbons (Fsp3) is 0.667. The largest absolute Gasteiger partial charge is 0.360 e. The van der Waals surface area contributed by atoms with E-state index in [1.165, 1.54) is 0 Å². The maximum atomic E-state index is 12.6. The number of anilines is 1. The number of nitrogens with one attached hydrogen (secondary N) is 1. The molecular weight excluding hydrogens is 270 g/mol. The van der Waals surface area contributed by atoms with Crippen LogP contribution in [0.1, 0.15) is 39.4 Å². The predicted molar refractivity (Wildman–Crippen MR) is 78.6 cm³/mol. The van der Waals surface area contributed by atoms with E-state index in [2.05, 4.69) is 17.4 Å². The molecule has 1 unspecified atom stereocenters. The van der Waals surface area contributed by atoms with Crippen LogP contribution in [0.25, 0.3) is 0 Å². The van der Waals surface area contributed by atoms with Crippen molar-refractivity contribution in [2.75, 3.05) is 18.4 Å². The summed E-state index contributed by atoms with van der Waals surface area (Å²) in [5, 5.41) is 6.36. The predicted octanol–water partition coefficient (Wildman–Crippen LogP) is 2.21. The van der Waals surface area contributed by atoms with Gasteiger partial charge in [-0.3, -0.25) is 9.59 Å². The van der Waals surface area contributed by atoms with E-state index in [1.54, 1.807) is 31.7 Å². The Kier molecular flexibility index (Phi) is 4.34. The zero-order valence-electron chi connectivity index (χ0n) is 13.1. The molecule has 1 fully saturated rings. The number of hydrogen-bond acceptors (Lipinski definition) is 4. The molecule has 116 valence electrons. The van der Waals surface area contributed by atoms with Crippen LogP contribution in [0.2, 0.25) is 0 Å². The lowest BCUT2D eigenvalue weighted by Gasteiger charge is -2.35. The van der Waals surface area contributed by atoms with Gasteiger partial charge in [0.1, 0.15) is 11.2 Å². The Hall–Kier alpha value is -1.85. The van der Waals surface area contributed by atoms with E-state index in [4.69, 9.17) is 4.52 Å². The lowest BCUT2D eigenvalue weighted by atomic mass is 9.88. The van der Waals surface area contributed by atoms with Crippen LogP contribution in [-0.2, 0) is 9.59 Å². The Morgan fingerprint density at radius 3 is 2.76 bits per heavy atom. The molecule has 0 bridgehead atoms. The van der Waals surface area contributed by atoms with Gasteiger partial charge in [0.05, 0.1) is 0 Å². The Bertz CT molecular complexity index is 536. The van der Waals surface area contributed by atoms with Gasteiger partial charge in [-0.2, -0.15) is 0 Å². The molecule has 0 aliphatic carbocycles. The molecule has 21 heavy (non-hydrogen) atoms. The smallest absolute Gasteiger partial charge is 0.240 e. The molecule has 1 aromatic rings. The third-order valence-corrected chi connectivity index (χ3v) is 3.92. The minimum absolute atomic E-state index is 0.133. The van der Waals surface area contributed by atoms with Gasteiger partial charge in [-0.25, -0.2) is 0 Å². The molecule has 1 saturated heterocycles. The maximum absolute atomic E-state index is 12.6. The van der Waals surface area contributed by atoms with Gasteiger partial charge in [-0.15, -0.1) is 0 Å². The molecule has 0 radical (unpaired) electrons. The fourth-order valence-corrected chi connectivity index (χ4v) is 2.56. The van der Waals surface area contributed by atoms with Crippen LogP contribution < -0.4 is 5.32 Å². The Labute approximate surface area is 124 Å². The Morgan fingerprint density at radius 2 is 2.19 bits per heavy atom. The average molecular weight is 293 g/mol. The van der Waals surface area contributed by atoms with Crippen molar-refractivity contribution in [3.05, 3.63) is 11.8 Å². The molecule has 2 amide bonds. The van der Waals surface area contributed by atoms with Crippen LogP contribution in [0.3, 0.4) is 0 Å². The molecule has 1 atom stereocenters. The monoisotopic (exact) mass is 293 g/mol. The third kappa shape index (κ3) is 3.43. The summed E-state index contributed by atoms with van der Waals surface area (Å²) in [6.45, 7) is 8.62. The number of hydrogen-bond donors (Lipinski definition) is 1. The minimum atomic E-state index is -1.12. The summed E-state index contributed by atoms with van der Waals surface area (Å²) in [6, 6.07) is 1.63. The molecule has 6 heteroatoms. The van der Waals surface area contributed by atoms with Gasteiger partial charge in [0.25, 0.3) is 0 Å². The van der Waals surface area contributed by atoms with Crippen molar-refractivity contribution in [2.24, 2.45) is 11.3 Å². The fourth-order valence-electron chi connectivity index (χ4n) is 2.56. The average Bonchev–Trinajstić information content (AvgIpc) is 2.83. The van der Waals surface area contributed by atoms with Crippen molar-refractivity contribution in [1.82, 2.24) is 10.1 Å². The van der Waals surface area contributed by atoms with E-state index >= 15 is 0 Å². The van der Waals surface area contributed by atoms with Crippen LogP contribution >= 0.6 is 0 Å². The van der Waals surface area contributed by atoms with E-state index in [0.29, 0.717) is 17.5 Å². The molecule has 0 saturated carbocycles. The number of carbonyl (C=O) groups is 2. The molecule has 2 rings (SSSR count). The molecule has 0 aromatic carbocycles. The Balaban J connectivity index is 2.05. The van der Waals surface area contributed by atoms with Gasteiger partial charge >= 0.3 is 0 Å². The maximum Gasteiger partial charge on any atom is 0.240 e. The second-order valence-corrected chi connectivity index (χ2v) is 6.40. The second-order valence-electron chi connectivity index (χ2n) is 6.40. The number of likely N-dealkylation sites (tertiary alicyclic amines) is 1. The number of carbonyl (C=O) groups excluding carboxylic acids is 2. The van der Waals surface area contributed by atoms with Gasteiger partial charge in [0.15, 0.2) is 5.82 Å². The quantitative estimate of drug-likeness (QED) is 0.867. The summed E-state index contributed by atoms with van der Waals surface area (Å²) in [5.41, 5.74) is -1.12. The van der Waals surface area contributed by atoms with Gasteiger partial charge in [-0.05, 0) is 39.5 Å². The second kappa shape index (κ2) is 5.87. The lowest BCUT2D eigenvalue weighted by Crippen LogP contribution is -2.50. The lowest BCUT2D eigenvalue weighted by molar-refractivity contribution is -0.147. The minimum Gasteiger partial charge on any atom is -0.360 e. The highest BCUT2D eigenvalue weighted by Crippen LogP contribution is 2.25. The van der Waals surface area contributed by atoms with Crippen molar-refractivity contribution >= 4 is 17.6 Å². The summed E-state index contributed by atoms with van der Waals surface area (Å²) in [5.74, 6) is 0.940. The van der Waals surface area contributed by atoms with Gasteiger partial charge in [0.2, 0.25) is 11.8 Å². The molecule has 1 aromatic heterocycles. The van der Waals surface area contributed by atoms with Gasteiger partial charge < -0.3 is 14.7 Å². The van der Waals surface area contributed by atoms with E-state index in [9.17, 15) is 9.59 Å². The number of piperidine rings is 1. The number of rotatable bonds is 3. The van der Waals surface area contributed by atoms with E-state index in [0.717, 1.165) is 25.9 Å². The molecule has 1 aliphatic heterocycles. The summed E-state index contributed by atoms with van der Waals surface area (Å²) in [4.78, 5) is 26.8. The van der Waals surface area contributed by atoms with Crippen molar-refractivity contribution in [3.8, 4) is 0 Å². The first-order valence-corrected chi connectivity index (χ1v) is 7.35. The van der Waals surface area contributed by atoms with Gasteiger partial charge in [0, 0.05) is 19.2 Å². The number of aryl methyl sites for hydroxylation is 1. The molecule has 1 N–H and O–H groups in total. The van der Waals surface area contributed by atoms with Crippen molar-refractivity contribution < 1.29 is 14.1 Å². The van der Waals surface area contributed by atoms with Crippen LogP contribution in [0.4, 0.5) is 5.82 Å². The third-order valence-electron chi connectivity index (χ3n) is 3.92. The Morgan fingerprint density at radius 1 is 1.48 bits per heavy atom. The zero-order valence-corrected chi connectivity index (χ0v) is 13.1. The van der Waals surface area contributed by atoms with Crippen LogP contribution in [-0.4, -0.2) is 35.0 Å². The highest BCUT2D eigenvalue weighted by molar-refractivity contribution is 6.09. The molecule has 6 nitrogen and oxygen atoms in total. The highest BCUT2D eigenvalue weighted by Gasteiger charge is 2.40. The zero-order chi connectivity index (χ0) is 15.6. The standard InChI is InChI=1S/C15H23N3O3/c1-10-6-5-7-18(9-10)14(20)15(3,4)13(19)16-12-8-11(2)21-17-12/h8,10H,5-7,9H2,1-4H3,(H,16,17,19). The molecule has 1 aliphatic rings. The SMILES string of the molecule is Cc1cc(NC(=O)C(C)(C)C(=O)N2CCCC(C)C2)no1. The van der Waals surface area contributed by atoms with Crippen molar-refractivity contribution in [3.63, 3.8) is 0 Å². The van der Waals surface area contributed by atoms with Crippen LogP contribution in [0.5, 0.6) is 0 Å². The van der Waals surface area contributed by atoms with Gasteiger partial charge in [-0.1, -0.05) is 12.1 Å².